The Morgan fingerprint density at radius 2 is 1.87 bits per heavy atom. The SMILES string of the molecule is Cc1ccc([C@]2(COC(=O)c3ccccc3)COC(=O)N2)cc1. The highest BCUT2D eigenvalue weighted by Gasteiger charge is 2.42. The zero-order chi connectivity index (χ0) is 16.3. The van der Waals surface area contributed by atoms with Crippen molar-refractivity contribution in [3.05, 3.63) is 71.3 Å². The summed E-state index contributed by atoms with van der Waals surface area (Å²) in [6.07, 6.45) is -0.513. The Balaban J connectivity index is 1.79. The number of amides is 1. The molecule has 1 aliphatic heterocycles. The molecule has 1 amide bonds. The average Bonchev–Trinajstić information content (AvgIpc) is 2.96. The minimum Gasteiger partial charge on any atom is -0.459 e. The van der Waals surface area contributed by atoms with Gasteiger partial charge in [-0.2, -0.15) is 0 Å². The minimum atomic E-state index is -0.852. The van der Waals surface area contributed by atoms with Gasteiger partial charge < -0.3 is 14.8 Å². The largest absolute Gasteiger partial charge is 0.459 e. The molecule has 2 aromatic carbocycles. The number of carbonyl (C=O) groups is 2. The monoisotopic (exact) mass is 311 g/mol. The van der Waals surface area contributed by atoms with E-state index in [2.05, 4.69) is 5.32 Å². The van der Waals surface area contributed by atoms with E-state index >= 15 is 0 Å². The van der Waals surface area contributed by atoms with Crippen LogP contribution in [0.4, 0.5) is 4.79 Å². The molecule has 1 N–H and O–H groups in total. The summed E-state index contributed by atoms with van der Waals surface area (Å²) in [5, 5.41) is 2.77. The number of ether oxygens (including phenoxy) is 2. The second kappa shape index (κ2) is 6.12. The van der Waals surface area contributed by atoms with Gasteiger partial charge in [-0.1, -0.05) is 48.0 Å². The van der Waals surface area contributed by atoms with Crippen molar-refractivity contribution in [3.8, 4) is 0 Å². The molecule has 0 aliphatic carbocycles. The average molecular weight is 311 g/mol. The van der Waals surface area contributed by atoms with Crippen molar-refractivity contribution in [2.24, 2.45) is 0 Å². The summed E-state index contributed by atoms with van der Waals surface area (Å²) in [6, 6.07) is 16.4. The third-order valence-electron chi connectivity index (χ3n) is 3.85. The third kappa shape index (κ3) is 3.18. The Kier molecular flexibility index (Phi) is 4.02. The molecular weight excluding hydrogens is 294 g/mol. The highest BCUT2D eigenvalue weighted by atomic mass is 16.6. The molecule has 3 rings (SSSR count). The predicted octanol–water partition coefficient (Wildman–Crippen LogP) is 2.79. The van der Waals surface area contributed by atoms with Crippen LogP contribution in [0, 0.1) is 6.92 Å². The van der Waals surface area contributed by atoms with Crippen molar-refractivity contribution in [3.63, 3.8) is 0 Å². The van der Waals surface area contributed by atoms with E-state index in [1.165, 1.54) is 0 Å². The molecule has 0 spiro atoms. The van der Waals surface area contributed by atoms with Gasteiger partial charge in [0.15, 0.2) is 0 Å². The molecule has 1 atom stereocenters. The van der Waals surface area contributed by atoms with Crippen molar-refractivity contribution in [1.82, 2.24) is 5.32 Å². The van der Waals surface area contributed by atoms with E-state index in [0.717, 1.165) is 11.1 Å². The minimum absolute atomic E-state index is 0.00945. The Bertz CT molecular complexity index is 712. The first-order chi connectivity index (χ1) is 11.1. The summed E-state index contributed by atoms with van der Waals surface area (Å²) in [7, 11) is 0. The topological polar surface area (TPSA) is 64.6 Å². The first-order valence-electron chi connectivity index (χ1n) is 7.33. The molecule has 2 aromatic rings. The van der Waals surface area contributed by atoms with E-state index in [4.69, 9.17) is 9.47 Å². The third-order valence-corrected chi connectivity index (χ3v) is 3.85. The Hall–Kier alpha value is -2.82. The Labute approximate surface area is 134 Å². The summed E-state index contributed by atoms with van der Waals surface area (Å²) >= 11 is 0. The van der Waals surface area contributed by atoms with E-state index in [1.807, 2.05) is 37.3 Å². The number of esters is 1. The van der Waals surface area contributed by atoms with E-state index in [1.54, 1.807) is 24.3 Å². The second-order valence-corrected chi connectivity index (χ2v) is 5.59. The highest BCUT2D eigenvalue weighted by molar-refractivity contribution is 5.89. The molecule has 0 bridgehead atoms. The fourth-order valence-electron chi connectivity index (χ4n) is 2.49. The standard InChI is InChI=1S/C18H17NO4/c1-13-7-9-15(10-8-13)18(12-23-17(21)19-18)11-22-16(20)14-5-3-2-4-6-14/h2-10H,11-12H2,1H3,(H,19,21)/t18-/m0/s1. The lowest BCUT2D eigenvalue weighted by Gasteiger charge is -2.26. The van der Waals surface area contributed by atoms with Crippen molar-refractivity contribution in [2.75, 3.05) is 13.2 Å². The maximum atomic E-state index is 12.1. The van der Waals surface area contributed by atoms with Crippen molar-refractivity contribution >= 4 is 12.1 Å². The Morgan fingerprint density at radius 1 is 1.17 bits per heavy atom. The van der Waals surface area contributed by atoms with Crippen LogP contribution in [0.1, 0.15) is 21.5 Å². The zero-order valence-electron chi connectivity index (χ0n) is 12.7. The van der Waals surface area contributed by atoms with Gasteiger partial charge >= 0.3 is 12.1 Å². The van der Waals surface area contributed by atoms with Crippen LogP contribution in [0.3, 0.4) is 0 Å². The molecule has 118 valence electrons. The number of nitrogens with one attached hydrogen (secondary N) is 1. The van der Waals surface area contributed by atoms with Gasteiger partial charge in [0.2, 0.25) is 0 Å². The van der Waals surface area contributed by atoms with Gasteiger partial charge in [0.25, 0.3) is 0 Å². The van der Waals surface area contributed by atoms with Crippen molar-refractivity contribution in [1.29, 1.82) is 0 Å². The fourth-order valence-corrected chi connectivity index (χ4v) is 2.49. The van der Waals surface area contributed by atoms with Crippen molar-refractivity contribution < 1.29 is 19.1 Å². The van der Waals surface area contributed by atoms with Crippen LogP contribution in [0.5, 0.6) is 0 Å². The predicted molar refractivity (Wildman–Crippen MR) is 84.1 cm³/mol. The van der Waals surface area contributed by atoms with Gasteiger partial charge in [0.05, 0.1) is 5.56 Å². The summed E-state index contributed by atoms with van der Waals surface area (Å²) in [5.41, 5.74) is 1.57. The van der Waals surface area contributed by atoms with Crippen LogP contribution in [-0.4, -0.2) is 25.3 Å². The highest BCUT2D eigenvalue weighted by Crippen LogP contribution is 2.27. The number of cyclic esters (lactones) is 1. The summed E-state index contributed by atoms with van der Waals surface area (Å²) in [6.45, 7) is 2.11. The molecule has 0 unspecified atom stereocenters. The lowest BCUT2D eigenvalue weighted by molar-refractivity contribution is 0.0366. The molecule has 23 heavy (non-hydrogen) atoms. The number of aryl methyl sites for hydroxylation is 1. The fraction of sp³-hybridized carbons (Fsp3) is 0.222. The number of hydrogen-bond donors (Lipinski definition) is 1. The number of rotatable bonds is 4. The summed E-state index contributed by atoms with van der Waals surface area (Å²) in [4.78, 5) is 23.7. The molecule has 1 heterocycles. The van der Waals surface area contributed by atoms with Gasteiger partial charge in [-0.25, -0.2) is 9.59 Å². The molecule has 1 fully saturated rings. The van der Waals surface area contributed by atoms with E-state index in [9.17, 15) is 9.59 Å². The van der Waals surface area contributed by atoms with Crippen LogP contribution in [-0.2, 0) is 15.0 Å². The molecule has 5 heteroatoms. The second-order valence-electron chi connectivity index (χ2n) is 5.59. The van der Waals surface area contributed by atoms with Crippen LogP contribution in [0.25, 0.3) is 0 Å². The maximum Gasteiger partial charge on any atom is 0.408 e. The maximum absolute atomic E-state index is 12.1. The summed E-state index contributed by atoms with van der Waals surface area (Å²) < 4.78 is 10.5. The quantitative estimate of drug-likeness (QED) is 0.882. The molecular formula is C18H17NO4. The number of hydrogen-bond acceptors (Lipinski definition) is 4. The van der Waals surface area contributed by atoms with Gasteiger partial charge in [0.1, 0.15) is 18.8 Å². The van der Waals surface area contributed by atoms with E-state index < -0.39 is 17.6 Å². The Morgan fingerprint density at radius 3 is 2.48 bits per heavy atom. The zero-order valence-corrected chi connectivity index (χ0v) is 12.7. The van der Waals surface area contributed by atoms with Gasteiger partial charge in [-0.05, 0) is 24.6 Å². The molecule has 5 nitrogen and oxygen atoms in total. The van der Waals surface area contributed by atoms with Crippen LogP contribution >= 0.6 is 0 Å². The normalized spacial score (nSPS) is 19.8. The van der Waals surface area contributed by atoms with Crippen LogP contribution < -0.4 is 5.32 Å². The first-order valence-corrected chi connectivity index (χ1v) is 7.33. The first kappa shape index (κ1) is 15.1. The summed E-state index contributed by atoms with van der Waals surface area (Å²) in [5.74, 6) is -0.432. The molecule has 0 saturated carbocycles. The van der Waals surface area contributed by atoms with Crippen LogP contribution in [0.15, 0.2) is 54.6 Å². The van der Waals surface area contributed by atoms with Gasteiger partial charge in [0, 0.05) is 0 Å². The van der Waals surface area contributed by atoms with Crippen molar-refractivity contribution in [2.45, 2.75) is 12.5 Å². The molecule has 1 saturated heterocycles. The number of alkyl carbamates (subject to hydrolysis) is 1. The lowest BCUT2D eigenvalue weighted by atomic mass is 9.91. The van der Waals surface area contributed by atoms with Gasteiger partial charge in [-0.15, -0.1) is 0 Å². The van der Waals surface area contributed by atoms with Gasteiger partial charge in [-0.3, -0.25) is 0 Å². The van der Waals surface area contributed by atoms with Crippen LogP contribution in [0.2, 0.25) is 0 Å². The van der Waals surface area contributed by atoms with E-state index in [-0.39, 0.29) is 13.2 Å². The number of benzene rings is 2. The van der Waals surface area contributed by atoms with E-state index in [0.29, 0.717) is 5.56 Å². The number of carbonyl (C=O) groups excluding carboxylic acids is 2. The molecule has 0 radical (unpaired) electrons. The smallest absolute Gasteiger partial charge is 0.408 e. The molecule has 0 aromatic heterocycles. The molecule has 1 aliphatic rings. The lowest BCUT2D eigenvalue weighted by Crippen LogP contribution is -2.45.